The fourth-order valence-corrected chi connectivity index (χ4v) is 9.65. The van der Waals surface area contributed by atoms with E-state index in [1.165, 1.54) is 161 Å². The summed E-state index contributed by atoms with van der Waals surface area (Å²) in [5.74, 6) is -3.10. The molecule has 75 heavy (non-hydrogen) atoms. The molecule has 0 aliphatic carbocycles. The number of hydrogen-bond acceptors (Lipinski definition) is 11. The van der Waals surface area contributed by atoms with Crippen molar-refractivity contribution >= 4 is 23.9 Å². The summed E-state index contributed by atoms with van der Waals surface area (Å²) < 4.78 is 28.5. The lowest BCUT2D eigenvalue weighted by Crippen LogP contribution is -2.61. The van der Waals surface area contributed by atoms with Crippen LogP contribution >= 0.6 is 0 Å². The van der Waals surface area contributed by atoms with Crippen LogP contribution in [0, 0.1) is 0 Å². The number of esters is 3. The van der Waals surface area contributed by atoms with Crippen LogP contribution in [-0.4, -0.2) is 89.2 Å². The Morgan fingerprint density at radius 3 is 1.15 bits per heavy atom. The van der Waals surface area contributed by atoms with Gasteiger partial charge < -0.3 is 39.0 Å². The molecule has 0 radical (unpaired) electrons. The van der Waals surface area contributed by atoms with Crippen molar-refractivity contribution in [2.75, 3.05) is 13.2 Å². The molecule has 1 heterocycles. The lowest BCUT2D eigenvalue weighted by Gasteiger charge is -2.40. The van der Waals surface area contributed by atoms with Crippen molar-refractivity contribution < 1.29 is 58.2 Å². The highest BCUT2D eigenvalue weighted by Gasteiger charge is 2.50. The fraction of sp³-hybridized carbons (Fsp3) is 0.873. The number of aliphatic hydroxyl groups excluding tert-OH is 2. The van der Waals surface area contributed by atoms with Gasteiger partial charge >= 0.3 is 23.9 Å². The first-order chi connectivity index (χ1) is 36.6. The molecule has 6 unspecified atom stereocenters. The molecule has 0 aromatic carbocycles. The van der Waals surface area contributed by atoms with Gasteiger partial charge in [-0.05, 0) is 70.6 Å². The van der Waals surface area contributed by atoms with Crippen molar-refractivity contribution in [3.8, 4) is 0 Å². The summed E-state index contributed by atoms with van der Waals surface area (Å²) in [7, 11) is 0. The highest BCUT2D eigenvalue weighted by Crippen LogP contribution is 2.27. The smallest absolute Gasteiger partial charge is 0.335 e. The molecule has 1 aliphatic heterocycles. The van der Waals surface area contributed by atoms with Gasteiger partial charge in [0.15, 0.2) is 24.6 Å². The van der Waals surface area contributed by atoms with Crippen molar-refractivity contribution in [2.45, 2.75) is 340 Å². The molecule has 1 saturated heterocycles. The lowest BCUT2D eigenvalue weighted by atomic mass is 9.98. The molecule has 0 amide bonds. The SMILES string of the molecule is CCCCCC/C=C\CCCCCCCC(=O)OC1C(OCC(COC(=O)CCCCCCCCC/C=C\CCCCCCCC)OC(=O)CCCCCCCCCCCCCCCCC)OC(C(=O)O)C(O)C1O. The molecule has 12 nitrogen and oxygen atoms in total. The number of aliphatic hydroxyl groups is 2. The zero-order chi connectivity index (χ0) is 54.7. The van der Waals surface area contributed by atoms with Crippen LogP contribution in [0.25, 0.3) is 0 Å². The minimum atomic E-state index is -1.90. The van der Waals surface area contributed by atoms with Gasteiger partial charge in [0.05, 0.1) is 6.61 Å². The van der Waals surface area contributed by atoms with E-state index in [0.29, 0.717) is 19.3 Å². The van der Waals surface area contributed by atoms with Gasteiger partial charge in [0.1, 0.15) is 18.8 Å². The number of carboxylic acids is 1. The van der Waals surface area contributed by atoms with Crippen LogP contribution in [0.4, 0.5) is 0 Å². The van der Waals surface area contributed by atoms with Gasteiger partial charge in [-0.1, -0.05) is 238 Å². The summed E-state index contributed by atoms with van der Waals surface area (Å²) in [6.45, 7) is 6.00. The Balaban J connectivity index is 2.66. The van der Waals surface area contributed by atoms with Crippen LogP contribution in [0.2, 0.25) is 0 Å². The first-order valence-corrected chi connectivity index (χ1v) is 31.3. The van der Waals surface area contributed by atoms with E-state index in [-0.39, 0.29) is 25.9 Å². The Morgan fingerprint density at radius 2 is 0.760 bits per heavy atom. The van der Waals surface area contributed by atoms with Crippen molar-refractivity contribution in [3.05, 3.63) is 24.3 Å². The average Bonchev–Trinajstić information content (AvgIpc) is 3.39. The quantitative estimate of drug-likeness (QED) is 0.0228. The molecule has 0 aromatic heterocycles. The number of rotatable bonds is 54. The third-order valence-corrected chi connectivity index (χ3v) is 14.5. The minimum Gasteiger partial charge on any atom is -0.479 e. The third-order valence-electron chi connectivity index (χ3n) is 14.5. The first-order valence-electron chi connectivity index (χ1n) is 31.3. The summed E-state index contributed by atoms with van der Waals surface area (Å²) in [4.78, 5) is 51.2. The number of unbranched alkanes of at least 4 members (excludes halogenated alkanes) is 36. The Bertz CT molecular complexity index is 1400. The topological polar surface area (TPSA) is 175 Å². The van der Waals surface area contributed by atoms with Crippen LogP contribution in [0.1, 0.15) is 303 Å². The Kier molecular flexibility index (Phi) is 48.6. The summed E-state index contributed by atoms with van der Waals surface area (Å²) in [5.41, 5.74) is 0. The molecule has 6 atom stereocenters. The van der Waals surface area contributed by atoms with E-state index >= 15 is 0 Å². The summed E-state index contributed by atoms with van der Waals surface area (Å²) in [5, 5.41) is 31.5. The highest BCUT2D eigenvalue weighted by molar-refractivity contribution is 5.74. The first kappa shape index (κ1) is 70.2. The van der Waals surface area contributed by atoms with Gasteiger partial charge in [-0.2, -0.15) is 0 Å². The molecule has 12 heteroatoms. The summed E-state index contributed by atoms with van der Waals surface area (Å²) in [6.07, 6.45) is 47.1. The fourth-order valence-electron chi connectivity index (χ4n) is 9.65. The molecule has 0 aromatic rings. The average molecular weight is 1060 g/mol. The Labute approximate surface area is 458 Å². The summed E-state index contributed by atoms with van der Waals surface area (Å²) in [6, 6.07) is 0. The van der Waals surface area contributed by atoms with E-state index in [4.69, 9.17) is 23.7 Å². The second kappa shape index (κ2) is 51.9. The molecule has 0 spiro atoms. The zero-order valence-corrected chi connectivity index (χ0v) is 48.3. The molecule has 0 bridgehead atoms. The molecule has 1 rings (SSSR count). The number of aliphatic carboxylic acids is 1. The predicted molar refractivity (Wildman–Crippen MR) is 303 cm³/mol. The van der Waals surface area contributed by atoms with E-state index < -0.39 is 67.3 Å². The molecular weight excluding hydrogens is 949 g/mol. The van der Waals surface area contributed by atoms with Gasteiger partial charge in [-0.15, -0.1) is 0 Å². The maximum atomic E-state index is 13.2. The van der Waals surface area contributed by atoms with Crippen molar-refractivity contribution in [1.82, 2.24) is 0 Å². The van der Waals surface area contributed by atoms with Crippen molar-refractivity contribution in [1.29, 1.82) is 0 Å². The monoisotopic (exact) mass is 1060 g/mol. The third kappa shape index (κ3) is 41.9. The van der Waals surface area contributed by atoms with Gasteiger partial charge in [0, 0.05) is 19.3 Å². The minimum absolute atomic E-state index is 0.0544. The molecule has 0 saturated carbocycles. The predicted octanol–water partition coefficient (Wildman–Crippen LogP) is 16.2. The number of hydrogen-bond donors (Lipinski definition) is 3. The van der Waals surface area contributed by atoms with Crippen molar-refractivity contribution in [2.24, 2.45) is 0 Å². The maximum absolute atomic E-state index is 13.2. The molecular formula is C63H114O12. The number of carbonyl (C=O) groups is 4. The Hall–Kier alpha value is -2.80. The van der Waals surface area contributed by atoms with E-state index in [1.807, 2.05) is 0 Å². The molecule has 3 N–H and O–H groups in total. The van der Waals surface area contributed by atoms with Crippen LogP contribution in [-0.2, 0) is 42.9 Å². The van der Waals surface area contributed by atoms with E-state index in [1.54, 1.807) is 0 Å². The number of carboxylic acid groups (broad SMARTS) is 1. The maximum Gasteiger partial charge on any atom is 0.335 e. The molecule has 1 aliphatic rings. The largest absolute Gasteiger partial charge is 0.479 e. The normalized spacial score (nSPS) is 18.2. The van der Waals surface area contributed by atoms with E-state index in [9.17, 15) is 34.5 Å². The van der Waals surface area contributed by atoms with Crippen LogP contribution in [0.15, 0.2) is 24.3 Å². The molecule has 438 valence electrons. The second-order valence-corrected chi connectivity index (χ2v) is 21.7. The van der Waals surface area contributed by atoms with Crippen LogP contribution in [0.5, 0.6) is 0 Å². The van der Waals surface area contributed by atoms with E-state index in [0.717, 1.165) is 83.5 Å². The number of allylic oxidation sites excluding steroid dienone is 4. The van der Waals surface area contributed by atoms with Crippen molar-refractivity contribution in [3.63, 3.8) is 0 Å². The van der Waals surface area contributed by atoms with Gasteiger partial charge in [0.25, 0.3) is 0 Å². The van der Waals surface area contributed by atoms with Gasteiger partial charge in [-0.25, -0.2) is 4.79 Å². The summed E-state index contributed by atoms with van der Waals surface area (Å²) >= 11 is 0. The van der Waals surface area contributed by atoms with Crippen LogP contribution < -0.4 is 0 Å². The lowest BCUT2D eigenvalue weighted by molar-refractivity contribution is -0.301. The molecule has 1 fully saturated rings. The van der Waals surface area contributed by atoms with Crippen LogP contribution in [0.3, 0.4) is 0 Å². The van der Waals surface area contributed by atoms with E-state index in [2.05, 4.69) is 45.1 Å². The standard InChI is InChI=1S/C63H114O12/c1-4-7-10-13-16-19-22-25-27-28-30-32-34-37-40-43-46-49-55(64)71-52-54(73-56(65)50-47-44-41-38-36-33-29-26-23-20-17-14-11-8-5-2)53-72-63-61(59(68)58(67)60(75-63)62(69)70)74-57(66)51-48-45-42-39-35-31-24-21-18-15-12-9-6-3/h21,24-25,27,54,58-61,63,67-68H,4-20,22-23,26,28-53H2,1-3H3,(H,69,70)/b24-21-,27-25-. The second-order valence-electron chi connectivity index (χ2n) is 21.7. The van der Waals surface area contributed by atoms with Gasteiger partial charge in [-0.3, -0.25) is 14.4 Å². The zero-order valence-electron chi connectivity index (χ0n) is 48.3. The Morgan fingerprint density at radius 1 is 0.427 bits per heavy atom. The highest BCUT2D eigenvalue weighted by atomic mass is 16.7. The van der Waals surface area contributed by atoms with Gasteiger partial charge in [0.2, 0.25) is 0 Å². The number of carbonyl (C=O) groups excluding carboxylic acids is 3. The number of ether oxygens (including phenoxy) is 5.